The van der Waals surface area contributed by atoms with Gasteiger partial charge >= 0.3 is 0 Å². The van der Waals surface area contributed by atoms with Crippen LogP contribution in [-0.2, 0) is 0 Å². The second kappa shape index (κ2) is 13.9. The van der Waals surface area contributed by atoms with Gasteiger partial charge in [0.05, 0.1) is 33.5 Å². The molecule has 0 aliphatic rings. The second-order valence-electron chi connectivity index (χ2n) is 15.8. The molecule has 0 atom stereocenters. The van der Waals surface area contributed by atoms with Gasteiger partial charge in [-0.3, -0.25) is 9.55 Å². The van der Waals surface area contributed by atoms with Crippen LogP contribution in [0.2, 0.25) is 0 Å². The zero-order chi connectivity index (χ0) is 41.4. The fraction of sp³-hybridized carbons (Fsp3) is 0. The summed E-state index contributed by atoms with van der Waals surface area (Å²) in [5.74, 6) is 2.12. The average molecular weight is 808 g/mol. The molecule has 0 aliphatic carbocycles. The zero-order valence-electron chi connectivity index (χ0n) is 33.6. The number of furan rings is 1. The molecule has 0 fully saturated rings. The van der Waals surface area contributed by atoms with Crippen molar-refractivity contribution in [3.8, 4) is 56.8 Å². The van der Waals surface area contributed by atoms with E-state index in [4.69, 9.17) is 24.4 Å². The summed E-state index contributed by atoms with van der Waals surface area (Å²) in [6.07, 6.45) is 5.49. The smallest absolute Gasteiger partial charge is 0.162 e. The molecule has 0 bridgehead atoms. The maximum atomic E-state index is 6.13. The van der Waals surface area contributed by atoms with Gasteiger partial charge in [0.25, 0.3) is 0 Å². The van der Waals surface area contributed by atoms with Crippen LogP contribution in [0.1, 0.15) is 0 Å². The maximum Gasteiger partial charge on any atom is 0.162 e. The van der Waals surface area contributed by atoms with E-state index in [-0.39, 0.29) is 0 Å². The molecule has 6 aromatic heterocycles. The van der Waals surface area contributed by atoms with E-state index in [0.29, 0.717) is 11.6 Å². The van der Waals surface area contributed by atoms with Gasteiger partial charge in [-0.15, -0.1) is 0 Å². The molecule has 0 spiro atoms. The summed E-state index contributed by atoms with van der Waals surface area (Å²) in [4.78, 5) is 24.6. The lowest BCUT2D eigenvalue weighted by Gasteiger charge is -2.12. The van der Waals surface area contributed by atoms with Crippen LogP contribution in [-0.4, -0.2) is 34.1 Å². The first-order valence-electron chi connectivity index (χ1n) is 20.9. The molecule has 13 aromatic rings. The van der Waals surface area contributed by atoms with E-state index in [9.17, 15) is 0 Å². The van der Waals surface area contributed by atoms with Crippen molar-refractivity contribution >= 4 is 65.6 Å². The highest BCUT2D eigenvalue weighted by Gasteiger charge is 2.19. The third-order valence-electron chi connectivity index (χ3n) is 12.1. The number of pyridine rings is 1. The Morgan fingerprint density at radius 2 is 1.00 bits per heavy atom. The summed E-state index contributed by atoms with van der Waals surface area (Å²) in [6, 6.07) is 63.0. The van der Waals surface area contributed by atoms with Crippen LogP contribution in [0.3, 0.4) is 0 Å². The summed E-state index contributed by atoms with van der Waals surface area (Å²) in [5.41, 5.74) is 12.7. The van der Waals surface area contributed by atoms with Gasteiger partial charge in [-0.1, -0.05) is 103 Å². The number of hydrogen-bond donors (Lipinski definition) is 0. The van der Waals surface area contributed by atoms with E-state index in [1.165, 1.54) is 5.39 Å². The normalized spacial score (nSPS) is 11.8. The number of fused-ring (bicyclic) bond motifs is 9. The molecular formula is C55H33N7O. The molecule has 0 saturated carbocycles. The third-order valence-corrected chi connectivity index (χ3v) is 12.1. The standard InChI is InChI=1S/C55H33N7O/c1-3-11-34(12-4-1)46-32-53(60-55(59-46)35-13-5-2-6-14-35)62-48-18-10-8-16-40(48)42-30-37(20-23-50(42)62)54-57-28-25-45(58-54)36-19-22-49-41(29-36)39-15-7-9-17-47(39)61(49)38-21-24-51-43(31-38)44-33-56-27-26-52(44)63-51/h1-33H. The largest absolute Gasteiger partial charge is 0.456 e. The molecule has 8 nitrogen and oxygen atoms in total. The zero-order valence-corrected chi connectivity index (χ0v) is 33.6. The highest BCUT2D eigenvalue weighted by Crippen LogP contribution is 2.39. The van der Waals surface area contributed by atoms with E-state index >= 15 is 0 Å². The number of nitrogens with zero attached hydrogens (tertiary/aromatic N) is 7. The van der Waals surface area contributed by atoms with Crippen molar-refractivity contribution in [2.45, 2.75) is 0 Å². The average Bonchev–Trinajstić information content (AvgIpc) is 4.01. The fourth-order valence-electron chi connectivity index (χ4n) is 9.20. The number of benzene rings is 7. The van der Waals surface area contributed by atoms with Gasteiger partial charge in [0.15, 0.2) is 11.6 Å². The second-order valence-corrected chi connectivity index (χ2v) is 15.8. The summed E-state index contributed by atoms with van der Waals surface area (Å²) < 4.78 is 10.7. The first-order valence-corrected chi connectivity index (χ1v) is 20.9. The van der Waals surface area contributed by atoms with Crippen molar-refractivity contribution in [1.82, 2.24) is 34.1 Å². The Morgan fingerprint density at radius 3 is 1.79 bits per heavy atom. The molecule has 0 saturated heterocycles. The predicted octanol–water partition coefficient (Wildman–Crippen LogP) is 13.4. The Balaban J connectivity index is 0.920. The molecule has 6 heterocycles. The van der Waals surface area contributed by atoms with E-state index in [0.717, 1.165) is 105 Å². The molecule has 294 valence electrons. The minimum atomic E-state index is 0.656. The van der Waals surface area contributed by atoms with Crippen molar-refractivity contribution in [3.63, 3.8) is 0 Å². The summed E-state index contributed by atoms with van der Waals surface area (Å²) >= 11 is 0. The van der Waals surface area contributed by atoms with Gasteiger partial charge in [-0.25, -0.2) is 19.9 Å². The van der Waals surface area contributed by atoms with Crippen molar-refractivity contribution in [3.05, 3.63) is 201 Å². The molecular weight excluding hydrogens is 775 g/mol. The van der Waals surface area contributed by atoms with Crippen LogP contribution in [0.4, 0.5) is 0 Å². The molecule has 7 aromatic carbocycles. The van der Waals surface area contributed by atoms with Gasteiger partial charge in [-0.2, -0.15) is 0 Å². The predicted molar refractivity (Wildman–Crippen MR) is 253 cm³/mol. The lowest BCUT2D eigenvalue weighted by atomic mass is 10.1. The maximum absolute atomic E-state index is 6.13. The van der Waals surface area contributed by atoms with Crippen molar-refractivity contribution in [2.24, 2.45) is 0 Å². The lowest BCUT2D eigenvalue weighted by Crippen LogP contribution is -2.02. The van der Waals surface area contributed by atoms with E-state index < -0.39 is 0 Å². The van der Waals surface area contributed by atoms with E-state index in [1.807, 2.05) is 60.9 Å². The monoisotopic (exact) mass is 807 g/mol. The number of rotatable bonds is 6. The van der Waals surface area contributed by atoms with Crippen molar-refractivity contribution in [2.75, 3.05) is 0 Å². The minimum Gasteiger partial charge on any atom is -0.456 e. The number of aromatic nitrogens is 7. The Labute approximate surface area is 360 Å². The molecule has 8 heteroatoms. The third kappa shape index (κ3) is 5.66. The summed E-state index contributed by atoms with van der Waals surface area (Å²) in [5, 5.41) is 6.56. The first-order chi connectivity index (χ1) is 31.2. The van der Waals surface area contributed by atoms with Crippen LogP contribution < -0.4 is 0 Å². The highest BCUT2D eigenvalue weighted by molar-refractivity contribution is 6.12. The van der Waals surface area contributed by atoms with Crippen LogP contribution >= 0.6 is 0 Å². The van der Waals surface area contributed by atoms with Gasteiger partial charge in [0.2, 0.25) is 0 Å². The number of para-hydroxylation sites is 2. The molecule has 63 heavy (non-hydrogen) atoms. The van der Waals surface area contributed by atoms with Crippen LogP contribution in [0.25, 0.3) is 122 Å². The van der Waals surface area contributed by atoms with Gasteiger partial charge in [-0.05, 0) is 72.8 Å². The van der Waals surface area contributed by atoms with Gasteiger partial charge in [0.1, 0.15) is 17.0 Å². The fourth-order valence-corrected chi connectivity index (χ4v) is 9.20. The quantitative estimate of drug-likeness (QED) is 0.166. The van der Waals surface area contributed by atoms with Gasteiger partial charge in [0, 0.05) is 84.9 Å². The van der Waals surface area contributed by atoms with Crippen LogP contribution in [0, 0.1) is 0 Å². The SMILES string of the molecule is c1ccc(-c2cc(-n3c4ccccc4c4cc(-c5nccc(-c6ccc7c(c6)c6ccccc6n7-c6ccc7oc8ccncc8c7c6)n5)ccc43)nc(-c3ccccc3)n2)cc1. The van der Waals surface area contributed by atoms with Crippen molar-refractivity contribution in [1.29, 1.82) is 0 Å². The van der Waals surface area contributed by atoms with Gasteiger partial charge < -0.3 is 8.98 Å². The Bertz CT molecular complexity index is 3870. The lowest BCUT2D eigenvalue weighted by molar-refractivity contribution is 0.668. The molecule has 13 rings (SSSR count). The van der Waals surface area contributed by atoms with E-state index in [1.54, 1.807) is 6.20 Å². The number of hydrogen-bond acceptors (Lipinski definition) is 6. The Kier molecular flexibility index (Phi) is 7.74. The highest BCUT2D eigenvalue weighted by atomic mass is 16.3. The first kappa shape index (κ1) is 35.0. The molecule has 0 aliphatic heterocycles. The Hall–Kier alpha value is -8.75. The molecule has 0 amide bonds. The van der Waals surface area contributed by atoms with Crippen LogP contribution in [0.5, 0.6) is 0 Å². The summed E-state index contributed by atoms with van der Waals surface area (Å²) in [7, 11) is 0. The minimum absolute atomic E-state index is 0.656. The van der Waals surface area contributed by atoms with E-state index in [2.05, 4.69) is 148 Å². The molecule has 0 radical (unpaired) electrons. The summed E-state index contributed by atoms with van der Waals surface area (Å²) in [6.45, 7) is 0. The topological polar surface area (TPSA) is 87.5 Å². The van der Waals surface area contributed by atoms with Crippen molar-refractivity contribution < 1.29 is 4.42 Å². The molecule has 0 unspecified atom stereocenters. The molecule has 0 N–H and O–H groups in total. The van der Waals surface area contributed by atoms with Crippen LogP contribution in [0.15, 0.2) is 205 Å². The Morgan fingerprint density at radius 1 is 0.365 bits per heavy atom.